The number of ether oxygens (including phenoxy) is 2. The Balaban J connectivity index is 1.43. The molecule has 0 spiro atoms. The van der Waals surface area contributed by atoms with Crippen molar-refractivity contribution in [2.75, 3.05) is 25.1 Å². The van der Waals surface area contributed by atoms with Gasteiger partial charge in [0, 0.05) is 11.9 Å². The third-order valence-electron chi connectivity index (χ3n) is 4.52. The van der Waals surface area contributed by atoms with Crippen LogP contribution in [-0.2, 0) is 0 Å². The molecular formula is C23H29N3O2. The van der Waals surface area contributed by atoms with E-state index >= 15 is 0 Å². The van der Waals surface area contributed by atoms with Gasteiger partial charge in [-0.1, -0.05) is 50.5 Å². The van der Waals surface area contributed by atoms with Gasteiger partial charge in [-0.3, -0.25) is 0 Å². The highest BCUT2D eigenvalue weighted by Crippen LogP contribution is 2.27. The van der Waals surface area contributed by atoms with Crippen LogP contribution in [0.4, 0.5) is 5.82 Å². The normalized spacial score (nSPS) is 10.8. The number of nitrogens with one attached hydrogen (secondary N) is 1. The van der Waals surface area contributed by atoms with Crippen molar-refractivity contribution in [2.24, 2.45) is 0 Å². The standard InChI is InChI=1S/C23H29N3O2/c1-2-3-4-9-16-27-21-13-7-8-14-22(21)28-17-10-15-24-23-19-11-5-6-12-20(19)25-18-26-23/h5-8,11-14,18H,2-4,9-10,15-17H2,1H3,(H,24,25,26). The van der Waals surface area contributed by atoms with Gasteiger partial charge in [0.15, 0.2) is 11.5 Å². The molecular weight excluding hydrogens is 350 g/mol. The Morgan fingerprint density at radius 1 is 0.786 bits per heavy atom. The number of nitrogens with zero attached hydrogens (tertiary/aromatic N) is 2. The Hall–Kier alpha value is -2.82. The van der Waals surface area contributed by atoms with Gasteiger partial charge >= 0.3 is 0 Å². The van der Waals surface area contributed by atoms with Gasteiger partial charge in [0.25, 0.3) is 0 Å². The summed E-state index contributed by atoms with van der Waals surface area (Å²) in [5.41, 5.74) is 0.946. The summed E-state index contributed by atoms with van der Waals surface area (Å²) < 4.78 is 11.8. The average molecular weight is 380 g/mol. The van der Waals surface area contributed by atoms with E-state index in [2.05, 4.69) is 22.2 Å². The number of hydrogen-bond acceptors (Lipinski definition) is 5. The summed E-state index contributed by atoms with van der Waals surface area (Å²) in [5, 5.41) is 4.41. The lowest BCUT2D eigenvalue weighted by Gasteiger charge is -2.13. The summed E-state index contributed by atoms with van der Waals surface area (Å²) in [6, 6.07) is 15.9. The van der Waals surface area contributed by atoms with Gasteiger partial charge in [-0.2, -0.15) is 0 Å². The van der Waals surface area contributed by atoms with Crippen LogP contribution in [0.15, 0.2) is 54.9 Å². The van der Waals surface area contributed by atoms with Gasteiger partial charge in [-0.05, 0) is 37.1 Å². The summed E-state index contributed by atoms with van der Waals surface area (Å²) in [6.45, 7) is 4.35. The van der Waals surface area contributed by atoms with Gasteiger partial charge in [-0.25, -0.2) is 9.97 Å². The highest BCUT2D eigenvalue weighted by atomic mass is 16.5. The van der Waals surface area contributed by atoms with E-state index in [1.54, 1.807) is 6.33 Å². The lowest BCUT2D eigenvalue weighted by molar-refractivity contribution is 0.262. The minimum Gasteiger partial charge on any atom is -0.490 e. The van der Waals surface area contributed by atoms with Gasteiger partial charge in [0.1, 0.15) is 12.1 Å². The van der Waals surface area contributed by atoms with Crippen LogP contribution in [0.3, 0.4) is 0 Å². The van der Waals surface area contributed by atoms with Crippen molar-refractivity contribution in [3.63, 3.8) is 0 Å². The van der Waals surface area contributed by atoms with Crippen molar-refractivity contribution >= 4 is 16.7 Å². The largest absolute Gasteiger partial charge is 0.490 e. The zero-order valence-electron chi connectivity index (χ0n) is 16.6. The highest BCUT2D eigenvalue weighted by molar-refractivity contribution is 5.88. The van der Waals surface area contributed by atoms with Crippen LogP contribution in [0.25, 0.3) is 10.9 Å². The number of para-hydroxylation sites is 3. The first-order valence-electron chi connectivity index (χ1n) is 10.2. The van der Waals surface area contributed by atoms with Crippen molar-refractivity contribution < 1.29 is 9.47 Å². The number of benzene rings is 2. The number of unbranched alkanes of at least 4 members (excludes halogenated alkanes) is 3. The molecule has 0 bridgehead atoms. The van der Waals surface area contributed by atoms with Crippen molar-refractivity contribution in [2.45, 2.75) is 39.0 Å². The Kier molecular flexibility index (Phi) is 7.91. The van der Waals surface area contributed by atoms with E-state index in [1.807, 2.05) is 48.5 Å². The maximum atomic E-state index is 5.94. The molecule has 0 aliphatic heterocycles. The number of rotatable bonds is 12. The van der Waals surface area contributed by atoms with Crippen LogP contribution in [0.1, 0.15) is 39.0 Å². The zero-order chi connectivity index (χ0) is 19.4. The first-order valence-corrected chi connectivity index (χ1v) is 10.2. The fourth-order valence-corrected chi connectivity index (χ4v) is 3.01. The Labute approximate surface area is 167 Å². The van der Waals surface area contributed by atoms with E-state index in [9.17, 15) is 0 Å². The molecule has 5 nitrogen and oxygen atoms in total. The SMILES string of the molecule is CCCCCCOc1ccccc1OCCCNc1ncnc2ccccc12. The predicted molar refractivity (Wildman–Crippen MR) is 114 cm³/mol. The van der Waals surface area contributed by atoms with Gasteiger partial charge in [-0.15, -0.1) is 0 Å². The Morgan fingerprint density at radius 2 is 1.50 bits per heavy atom. The minimum absolute atomic E-state index is 0.617. The molecule has 1 aromatic heterocycles. The van der Waals surface area contributed by atoms with Gasteiger partial charge in [0.2, 0.25) is 0 Å². The number of anilines is 1. The van der Waals surface area contributed by atoms with Crippen LogP contribution in [0.2, 0.25) is 0 Å². The summed E-state index contributed by atoms with van der Waals surface area (Å²) >= 11 is 0. The van der Waals surface area contributed by atoms with Crippen molar-refractivity contribution in [3.8, 4) is 11.5 Å². The molecule has 1 N–H and O–H groups in total. The zero-order valence-corrected chi connectivity index (χ0v) is 16.6. The molecule has 0 amide bonds. The molecule has 0 saturated carbocycles. The molecule has 0 aliphatic carbocycles. The minimum atomic E-state index is 0.617. The molecule has 28 heavy (non-hydrogen) atoms. The third-order valence-corrected chi connectivity index (χ3v) is 4.52. The molecule has 2 aromatic carbocycles. The van der Waals surface area contributed by atoms with E-state index in [0.717, 1.165) is 54.2 Å². The van der Waals surface area contributed by atoms with E-state index in [0.29, 0.717) is 6.61 Å². The van der Waals surface area contributed by atoms with E-state index in [-0.39, 0.29) is 0 Å². The van der Waals surface area contributed by atoms with Crippen LogP contribution in [0.5, 0.6) is 11.5 Å². The molecule has 0 radical (unpaired) electrons. The highest BCUT2D eigenvalue weighted by Gasteiger charge is 2.05. The maximum Gasteiger partial charge on any atom is 0.161 e. The van der Waals surface area contributed by atoms with E-state index in [4.69, 9.17) is 9.47 Å². The van der Waals surface area contributed by atoms with E-state index < -0.39 is 0 Å². The summed E-state index contributed by atoms with van der Waals surface area (Å²) in [6.07, 6.45) is 7.25. The number of fused-ring (bicyclic) bond motifs is 1. The molecule has 3 rings (SSSR count). The van der Waals surface area contributed by atoms with Crippen molar-refractivity contribution in [1.29, 1.82) is 0 Å². The molecule has 0 unspecified atom stereocenters. The molecule has 0 fully saturated rings. The van der Waals surface area contributed by atoms with Crippen LogP contribution in [-0.4, -0.2) is 29.7 Å². The predicted octanol–water partition coefficient (Wildman–Crippen LogP) is 5.47. The summed E-state index contributed by atoms with van der Waals surface area (Å²) in [5.74, 6) is 2.50. The van der Waals surface area contributed by atoms with Gasteiger partial charge in [0.05, 0.1) is 18.7 Å². The molecule has 1 heterocycles. The second-order valence-electron chi connectivity index (χ2n) is 6.72. The monoisotopic (exact) mass is 379 g/mol. The fourth-order valence-electron chi connectivity index (χ4n) is 3.01. The van der Waals surface area contributed by atoms with E-state index in [1.165, 1.54) is 19.3 Å². The molecule has 5 heteroatoms. The first kappa shape index (κ1) is 19.9. The first-order chi connectivity index (χ1) is 13.9. The number of hydrogen-bond donors (Lipinski definition) is 1. The topological polar surface area (TPSA) is 56.3 Å². The Bertz CT molecular complexity index is 849. The molecule has 0 saturated heterocycles. The maximum absolute atomic E-state index is 5.94. The smallest absolute Gasteiger partial charge is 0.161 e. The molecule has 0 atom stereocenters. The molecule has 3 aromatic rings. The third kappa shape index (κ3) is 5.84. The van der Waals surface area contributed by atoms with Crippen LogP contribution in [0, 0.1) is 0 Å². The van der Waals surface area contributed by atoms with Crippen molar-refractivity contribution in [1.82, 2.24) is 9.97 Å². The lowest BCUT2D eigenvalue weighted by atomic mass is 10.2. The Morgan fingerprint density at radius 3 is 2.29 bits per heavy atom. The number of aromatic nitrogens is 2. The summed E-state index contributed by atoms with van der Waals surface area (Å²) in [4.78, 5) is 8.64. The second-order valence-corrected chi connectivity index (χ2v) is 6.72. The second kappa shape index (κ2) is 11.1. The van der Waals surface area contributed by atoms with Crippen LogP contribution >= 0.6 is 0 Å². The molecule has 0 aliphatic rings. The lowest BCUT2D eigenvalue weighted by Crippen LogP contribution is -2.09. The van der Waals surface area contributed by atoms with Crippen molar-refractivity contribution in [3.05, 3.63) is 54.9 Å². The summed E-state index contributed by atoms with van der Waals surface area (Å²) in [7, 11) is 0. The molecule has 148 valence electrons. The van der Waals surface area contributed by atoms with Crippen LogP contribution < -0.4 is 14.8 Å². The quantitative estimate of drug-likeness (QED) is 0.423. The van der Waals surface area contributed by atoms with Gasteiger partial charge < -0.3 is 14.8 Å². The fraction of sp³-hybridized carbons (Fsp3) is 0.391. The average Bonchev–Trinajstić information content (AvgIpc) is 2.74.